The molecule has 0 amide bonds. The predicted molar refractivity (Wildman–Crippen MR) is 68.2 cm³/mol. The molecule has 0 atom stereocenters. The molecule has 0 radical (unpaired) electrons. The molecule has 1 fully saturated rings. The first-order valence-electron chi connectivity index (χ1n) is 6.26. The third-order valence-electron chi connectivity index (χ3n) is 3.43. The van der Waals surface area contributed by atoms with Crippen LogP contribution in [0, 0.1) is 5.41 Å². The summed E-state index contributed by atoms with van der Waals surface area (Å²) >= 11 is 0. The zero-order chi connectivity index (χ0) is 12.3. The molecule has 0 bridgehead atoms. The minimum atomic E-state index is 0.308. The monoisotopic (exact) mass is 235 g/mol. The van der Waals surface area contributed by atoms with Crippen LogP contribution in [0.1, 0.15) is 39.5 Å². The topological polar surface area (TPSA) is 47.0 Å². The SMILES string of the molecule is CNc1nccc(OC2CCC(C)(C)CC2)n1. The summed E-state index contributed by atoms with van der Waals surface area (Å²) in [6, 6.07) is 1.82. The molecule has 1 aliphatic carbocycles. The van der Waals surface area contributed by atoms with Crippen LogP contribution in [-0.4, -0.2) is 23.1 Å². The molecular weight excluding hydrogens is 214 g/mol. The molecule has 0 spiro atoms. The highest BCUT2D eigenvalue weighted by atomic mass is 16.5. The normalized spacial score (nSPS) is 19.9. The van der Waals surface area contributed by atoms with Crippen LogP contribution in [-0.2, 0) is 0 Å². The van der Waals surface area contributed by atoms with E-state index in [1.54, 1.807) is 6.20 Å². The van der Waals surface area contributed by atoms with Crippen molar-refractivity contribution in [2.45, 2.75) is 45.6 Å². The summed E-state index contributed by atoms with van der Waals surface area (Å²) in [5, 5.41) is 2.92. The minimum absolute atomic E-state index is 0.308. The summed E-state index contributed by atoms with van der Waals surface area (Å²) in [5.41, 5.74) is 0.474. The Morgan fingerprint density at radius 1 is 1.35 bits per heavy atom. The lowest BCUT2D eigenvalue weighted by molar-refractivity contribution is 0.0949. The standard InChI is InChI=1S/C13H21N3O/c1-13(2)7-4-10(5-8-13)17-11-6-9-15-12(14-3)16-11/h6,9-10H,4-5,7-8H2,1-3H3,(H,14,15,16). The molecule has 17 heavy (non-hydrogen) atoms. The molecular formula is C13H21N3O. The Kier molecular flexibility index (Phi) is 3.50. The van der Waals surface area contributed by atoms with Crippen LogP contribution in [0.4, 0.5) is 5.95 Å². The van der Waals surface area contributed by atoms with E-state index in [-0.39, 0.29) is 0 Å². The van der Waals surface area contributed by atoms with Crippen LogP contribution in [0.15, 0.2) is 12.3 Å². The zero-order valence-electron chi connectivity index (χ0n) is 10.9. The number of rotatable bonds is 3. The van der Waals surface area contributed by atoms with E-state index in [4.69, 9.17) is 4.74 Å². The van der Waals surface area contributed by atoms with E-state index in [0.29, 0.717) is 23.3 Å². The van der Waals surface area contributed by atoms with Gasteiger partial charge in [0.2, 0.25) is 11.8 Å². The molecule has 1 aliphatic rings. The Morgan fingerprint density at radius 2 is 2.06 bits per heavy atom. The first-order valence-corrected chi connectivity index (χ1v) is 6.26. The lowest BCUT2D eigenvalue weighted by Crippen LogP contribution is -2.28. The van der Waals surface area contributed by atoms with Gasteiger partial charge in [0.05, 0.1) is 0 Å². The van der Waals surface area contributed by atoms with E-state index in [9.17, 15) is 0 Å². The Morgan fingerprint density at radius 3 is 2.71 bits per heavy atom. The Balaban J connectivity index is 1.93. The van der Waals surface area contributed by atoms with Gasteiger partial charge in [0.1, 0.15) is 6.10 Å². The van der Waals surface area contributed by atoms with Crippen molar-refractivity contribution in [2.75, 3.05) is 12.4 Å². The Bertz CT molecular complexity index is 369. The van der Waals surface area contributed by atoms with Gasteiger partial charge in [-0.05, 0) is 31.1 Å². The predicted octanol–water partition coefficient (Wildman–Crippen LogP) is 2.87. The van der Waals surface area contributed by atoms with Crippen molar-refractivity contribution in [2.24, 2.45) is 5.41 Å². The molecule has 4 heteroatoms. The van der Waals surface area contributed by atoms with Gasteiger partial charge in [0.25, 0.3) is 0 Å². The number of ether oxygens (including phenoxy) is 1. The van der Waals surface area contributed by atoms with Crippen molar-refractivity contribution in [3.05, 3.63) is 12.3 Å². The molecule has 4 nitrogen and oxygen atoms in total. The summed E-state index contributed by atoms with van der Waals surface area (Å²) in [7, 11) is 1.81. The lowest BCUT2D eigenvalue weighted by Gasteiger charge is -2.34. The van der Waals surface area contributed by atoms with Crippen LogP contribution in [0.25, 0.3) is 0 Å². The fraction of sp³-hybridized carbons (Fsp3) is 0.692. The van der Waals surface area contributed by atoms with Crippen molar-refractivity contribution >= 4 is 5.95 Å². The van der Waals surface area contributed by atoms with Crippen LogP contribution in [0.3, 0.4) is 0 Å². The van der Waals surface area contributed by atoms with Crippen LogP contribution in [0.5, 0.6) is 5.88 Å². The summed E-state index contributed by atoms with van der Waals surface area (Å²) < 4.78 is 5.90. The van der Waals surface area contributed by atoms with Crippen molar-refractivity contribution < 1.29 is 4.74 Å². The first kappa shape index (κ1) is 12.1. The molecule has 0 saturated heterocycles. The minimum Gasteiger partial charge on any atom is -0.474 e. The number of anilines is 1. The molecule has 0 unspecified atom stereocenters. The molecule has 1 aromatic heterocycles. The second kappa shape index (κ2) is 4.90. The molecule has 1 heterocycles. The highest BCUT2D eigenvalue weighted by Crippen LogP contribution is 2.36. The van der Waals surface area contributed by atoms with E-state index in [0.717, 1.165) is 12.8 Å². The van der Waals surface area contributed by atoms with Crippen molar-refractivity contribution in [1.29, 1.82) is 0 Å². The maximum atomic E-state index is 5.90. The Hall–Kier alpha value is -1.32. The quantitative estimate of drug-likeness (QED) is 0.875. The van der Waals surface area contributed by atoms with E-state index in [2.05, 4.69) is 29.1 Å². The van der Waals surface area contributed by atoms with Crippen molar-refractivity contribution in [3.8, 4) is 5.88 Å². The Labute approximate surface area is 103 Å². The number of nitrogens with zero attached hydrogens (tertiary/aromatic N) is 2. The van der Waals surface area contributed by atoms with E-state index in [1.807, 2.05) is 13.1 Å². The first-order chi connectivity index (χ1) is 8.09. The van der Waals surface area contributed by atoms with Crippen molar-refractivity contribution in [1.82, 2.24) is 9.97 Å². The van der Waals surface area contributed by atoms with Gasteiger partial charge in [-0.2, -0.15) is 4.98 Å². The van der Waals surface area contributed by atoms with Crippen LogP contribution >= 0.6 is 0 Å². The van der Waals surface area contributed by atoms with Gasteiger partial charge in [0, 0.05) is 19.3 Å². The second-order valence-corrected chi connectivity index (χ2v) is 5.45. The molecule has 0 aliphatic heterocycles. The highest BCUT2D eigenvalue weighted by molar-refractivity contribution is 5.26. The van der Waals surface area contributed by atoms with Gasteiger partial charge in [-0.15, -0.1) is 0 Å². The number of hydrogen-bond donors (Lipinski definition) is 1. The van der Waals surface area contributed by atoms with Gasteiger partial charge >= 0.3 is 0 Å². The second-order valence-electron chi connectivity index (χ2n) is 5.45. The summed E-state index contributed by atoms with van der Waals surface area (Å²) in [4.78, 5) is 8.35. The number of nitrogens with one attached hydrogen (secondary N) is 1. The van der Waals surface area contributed by atoms with Crippen molar-refractivity contribution in [3.63, 3.8) is 0 Å². The lowest BCUT2D eigenvalue weighted by atomic mass is 9.76. The van der Waals surface area contributed by atoms with E-state index < -0.39 is 0 Å². The molecule has 2 rings (SSSR count). The zero-order valence-corrected chi connectivity index (χ0v) is 10.9. The maximum Gasteiger partial charge on any atom is 0.225 e. The largest absolute Gasteiger partial charge is 0.474 e. The third kappa shape index (κ3) is 3.32. The number of aromatic nitrogens is 2. The smallest absolute Gasteiger partial charge is 0.225 e. The third-order valence-corrected chi connectivity index (χ3v) is 3.43. The molecule has 1 N–H and O–H groups in total. The highest BCUT2D eigenvalue weighted by Gasteiger charge is 2.27. The molecule has 0 aromatic carbocycles. The summed E-state index contributed by atoms with van der Waals surface area (Å²) in [6.07, 6.45) is 6.71. The fourth-order valence-corrected chi connectivity index (χ4v) is 2.19. The number of hydrogen-bond acceptors (Lipinski definition) is 4. The summed E-state index contributed by atoms with van der Waals surface area (Å²) in [6.45, 7) is 4.65. The maximum absolute atomic E-state index is 5.90. The van der Waals surface area contributed by atoms with Crippen LogP contribution in [0.2, 0.25) is 0 Å². The van der Waals surface area contributed by atoms with Gasteiger partial charge in [-0.3, -0.25) is 0 Å². The summed E-state index contributed by atoms with van der Waals surface area (Å²) in [5.74, 6) is 1.28. The average molecular weight is 235 g/mol. The fourth-order valence-electron chi connectivity index (χ4n) is 2.19. The van der Waals surface area contributed by atoms with Gasteiger partial charge < -0.3 is 10.1 Å². The van der Waals surface area contributed by atoms with E-state index in [1.165, 1.54) is 12.8 Å². The molecule has 94 valence electrons. The van der Waals surface area contributed by atoms with Gasteiger partial charge in [-0.25, -0.2) is 4.98 Å². The van der Waals surface area contributed by atoms with Crippen LogP contribution < -0.4 is 10.1 Å². The van der Waals surface area contributed by atoms with Gasteiger partial charge in [0.15, 0.2) is 0 Å². The van der Waals surface area contributed by atoms with E-state index >= 15 is 0 Å². The molecule has 1 aromatic rings. The average Bonchev–Trinajstić information content (AvgIpc) is 2.32. The molecule has 1 saturated carbocycles. The van der Waals surface area contributed by atoms with Gasteiger partial charge in [-0.1, -0.05) is 13.8 Å².